The van der Waals surface area contributed by atoms with Crippen LogP contribution in [0.5, 0.6) is 5.75 Å². The molecular weight excluding hydrogens is 424 g/mol. The van der Waals surface area contributed by atoms with Crippen LogP contribution in [-0.4, -0.2) is 57.8 Å². The van der Waals surface area contributed by atoms with Crippen LogP contribution in [0.2, 0.25) is 0 Å². The first-order valence-electron chi connectivity index (χ1n) is 11.2. The van der Waals surface area contributed by atoms with Crippen LogP contribution in [0.1, 0.15) is 33.3 Å². The Labute approximate surface area is 193 Å². The lowest BCUT2D eigenvalue weighted by Crippen LogP contribution is -2.44. The molecule has 0 aliphatic heterocycles. The smallest absolute Gasteiger partial charge is 0.264 e. The Hall–Kier alpha value is -2.09. The predicted molar refractivity (Wildman–Crippen MR) is 131 cm³/mol. The van der Waals surface area contributed by atoms with Gasteiger partial charge in [0.1, 0.15) is 5.75 Å². The Morgan fingerprint density at radius 1 is 0.875 bits per heavy atom. The summed E-state index contributed by atoms with van der Waals surface area (Å²) in [6.45, 7) is 12.5. The molecule has 0 aromatic heterocycles. The summed E-state index contributed by atoms with van der Waals surface area (Å²) in [5, 5.41) is 11.0. The van der Waals surface area contributed by atoms with Gasteiger partial charge in [-0.15, -0.1) is 0 Å². The van der Waals surface area contributed by atoms with Crippen LogP contribution < -0.4 is 9.04 Å². The van der Waals surface area contributed by atoms with E-state index in [1.807, 2.05) is 6.92 Å². The summed E-state index contributed by atoms with van der Waals surface area (Å²) in [7, 11) is -2.39. The molecule has 0 radical (unpaired) electrons. The van der Waals surface area contributed by atoms with Crippen LogP contribution in [0.25, 0.3) is 0 Å². The van der Waals surface area contributed by atoms with Crippen LogP contribution >= 0.6 is 0 Å². The van der Waals surface area contributed by atoms with Gasteiger partial charge in [0.2, 0.25) is 0 Å². The monoisotopic (exact) mass is 462 g/mol. The molecule has 1 unspecified atom stereocenters. The highest BCUT2D eigenvalue weighted by Crippen LogP contribution is 2.32. The largest absolute Gasteiger partial charge is 0.495 e. The van der Waals surface area contributed by atoms with E-state index in [-0.39, 0.29) is 11.4 Å². The topological polar surface area (TPSA) is 70.1 Å². The van der Waals surface area contributed by atoms with E-state index in [4.69, 9.17) is 4.74 Å². The Morgan fingerprint density at radius 3 is 1.97 bits per heavy atom. The Morgan fingerprint density at radius 2 is 1.44 bits per heavy atom. The van der Waals surface area contributed by atoms with E-state index < -0.39 is 16.1 Å². The summed E-state index contributed by atoms with van der Waals surface area (Å²) in [5.41, 5.74) is 1.39. The molecule has 1 N–H and O–H groups in total. The van der Waals surface area contributed by atoms with Gasteiger partial charge in [0.15, 0.2) is 0 Å². The van der Waals surface area contributed by atoms with Gasteiger partial charge in [-0.2, -0.15) is 0 Å². The van der Waals surface area contributed by atoms with E-state index in [1.165, 1.54) is 11.4 Å². The van der Waals surface area contributed by atoms with Gasteiger partial charge in [-0.25, -0.2) is 8.42 Å². The molecule has 0 fully saturated rings. The van der Waals surface area contributed by atoms with Crippen molar-refractivity contribution < 1.29 is 18.3 Å². The lowest BCUT2D eigenvalue weighted by atomic mass is 10.1. The number of aliphatic hydroxyl groups excluding tert-OH is 1. The minimum absolute atomic E-state index is 0.0662. The molecule has 0 aliphatic rings. The SMILES string of the molecule is COc1ccccc1N(CC(O)CN(CC(C)C)CC(C)C)S(=O)(=O)c1ccc(C)cc1. The van der Waals surface area contributed by atoms with Crippen LogP contribution in [-0.2, 0) is 10.0 Å². The third-order valence-corrected chi connectivity index (χ3v) is 6.85. The van der Waals surface area contributed by atoms with Crippen LogP contribution in [0.15, 0.2) is 53.4 Å². The summed E-state index contributed by atoms with van der Waals surface area (Å²) in [6.07, 6.45) is -0.863. The Balaban J connectivity index is 2.39. The lowest BCUT2D eigenvalue weighted by molar-refractivity contribution is 0.104. The van der Waals surface area contributed by atoms with E-state index >= 15 is 0 Å². The number of rotatable bonds is 12. The molecule has 0 amide bonds. The lowest BCUT2D eigenvalue weighted by Gasteiger charge is -2.32. The molecule has 0 saturated carbocycles. The summed E-state index contributed by atoms with van der Waals surface area (Å²) in [5.74, 6) is 1.33. The maximum Gasteiger partial charge on any atom is 0.264 e. The maximum absolute atomic E-state index is 13.6. The summed E-state index contributed by atoms with van der Waals surface area (Å²) in [6, 6.07) is 13.7. The van der Waals surface area contributed by atoms with Gasteiger partial charge in [0.05, 0.1) is 30.3 Å². The number of sulfonamides is 1. The molecule has 1 atom stereocenters. The van der Waals surface area contributed by atoms with E-state index in [1.54, 1.807) is 48.5 Å². The zero-order chi connectivity index (χ0) is 23.9. The average molecular weight is 463 g/mol. The molecule has 2 aromatic carbocycles. The van der Waals surface area contributed by atoms with Crippen molar-refractivity contribution in [3.63, 3.8) is 0 Å². The number of hydrogen-bond donors (Lipinski definition) is 1. The van der Waals surface area contributed by atoms with Crippen LogP contribution in [0.4, 0.5) is 5.69 Å². The number of nitrogens with zero attached hydrogens (tertiary/aromatic N) is 2. The van der Waals surface area contributed by atoms with Gasteiger partial charge in [-0.05, 0) is 43.0 Å². The van der Waals surface area contributed by atoms with Crippen LogP contribution in [0, 0.1) is 18.8 Å². The quantitative estimate of drug-likeness (QED) is 0.513. The second kappa shape index (κ2) is 11.7. The van der Waals surface area contributed by atoms with Gasteiger partial charge >= 0.3 is 0 Å². The second-order valence-electron chi connectivity index (χ2n) is 9.18. The van der Waals surface area contributed by atoms with Crippen molar-refractivity contribution in [3.8, 4) is 5.75 Å². The third-order valence-electron chi connectivity index (χ3n) is 5.06. The number of methoxy groups -OCH3 is 1. The van der Waals surface area contributed by atoms with Crippen molar-refractivity contribution in [2.45, 2.75) is 45.6 Å². The molecule has 0 heterocycles. The Bertz CT molecular complexity index is 933. The molecule has 6 nitrogen and oxygen atoms in total. The summed E-state index contributed by atoms with van der Waals surface area (Å²) < 4.78 is 34.0. The van der Waals surface area contributed by atoms with Gasteiger partial charge in [0.25, 0.3) is 10.0 Å². The molecule has 0 aliphatic carbocycles. The number of aryl methyl sites for hydroxylation is 1. The standard InChI is InChI=1S/C25H38N2O4S/c1-19(2)15-26(16-20(3)4)17-22(28)18-27(24-9-7-8-10-25(24)31-6)32(29,30)23-13-11-21(5)12-14-23/h7-14,19-20,22,28H,15-18H2,1-6H3. The molecule has 0 saturated heterocycles. The van der Waals surface area contributed by atoms with Crippen molar-refractivity contribution in [1.29, 1.82) is 0 Å². The number of aliphatic hydroxyl groups is 1. The highest BCUT2D eigenvalue weighted by Gasteiger charge is 2.30. The number of benzene rings is 2. The highest BCUT2D eigenvalue weighted by atomic mass is 32.2. The molecule has 2 aromatic rings. The summed E-state index contributed by atoms with van der Waals surface area (Å²) >= 11 is 0. The van der Waals surface area contributed by atoms with Crippen LogP contribution in [0.3, 0.4) is 0 Å². The maximum atomic E-state index is 13.6. The first-order valence-corrected chi connectivity index (χ1v) is 12.6. The van der Waals surface area contributed by atoms with E-state index in [0.29, 0.717) is 29.8 Å². The van der Waals surface area contributed by atoms with Gasteiger partial charge in [-0.1, -0.05) is 57.5 Å². The first-order chi connectivity index (χ1) is 15.0. The fraction of sp³-hybridized carbons (Fsp3) is 0.520. The van der Waals surface area contributed by atoms with Gasteiger partial charge < -0.3 is 14.7 Å². The zero-order valence-corrected chi connectivity index (χ0v) is 21.0. The van der Waals surface area contributed by atoms with Crippen molar-refractivity contribution in [3.05, 3.63) is 54.1 Å². The van der Waals surface area contributed by atoms with Crippen molar-refractivity contribution in [2.24, 2.45) is 11.8 Å². The first kappa shape index (κ1) is 26.2. The van der Waals surface area contributed by atoms with E-state index in [0.717, 1.165) is 18.7 Å². The highest BCUT2D eigenvalue weighted by molar-refractivity contribution is 7.92. The normalized spacial score (nSPS) is 13.1. The predicted octanol–water partition coefficient (Wildman–Crippen LogP) is 4.17. The summed E-state index contributed by atoms with van der Waals surface area (Å²) in [4.78, 5) is 2.39. The fourth-order valence-corrected chi connectivity index (χ4v) is 5.32. The molecule has 32 heavy (non-hydrogen) atoms. The fourth-order valence-electron chi connectivity index (χ4n) is 3.80. The van der Waals surface area contributed by atoms with Crippen molar-refractivity contribution in [2.75, 3.05) is 37.6 Å². The van der Waals surface area contributed by atoms with E-state index in [2.05, 4.69) is 32.6 Å². The Kier molecular flexibility index (Phi) is 9.55. The number of hydrogen-bond acceptors (Lipinski definition) is 5. The molecule has 7 heteroatoms. The van der Waals surface area contributed by atoms with E-state index in [9.17, 15) is 13.5 Å². The number of anilines is 1. The minimum Gasteiger partial charge on any atom is -0.495 e. The number of para-hydroxylation sites is 2. The van der Waals surface area contributed by atoms with Crippen molar-refractivity contribution >= 4 is 15.7 Å². The molecule has 2 rings (SSSR count). The second-order valence-corrected chi connectivity index (χ2v) is 11.0. The molecule has 178 valence electrons. The zero-order valence-electron chi connectivity index (χ0n) is 20.2. The minimum atomic E-state index is -3.91. The number of ether oxygens (including phenoxy) is 1. The molecule has 0 bridgehead atoms. The third kappa shape index (κ3) is 7.22. The molecular formula is C25H38N2O4S. The van der Waals surface area contributed by atoms with Gasteiger partial charge in [0, 0.05) is 19.6 Å². The molecule has 0 spiro atoms. The van der Waals surface area contributed by atoms with Crippen molar-refractivity contribution in [1.82, 2.24) is 4.90 Å². The van der Waals surface area contributed by atoms with Gasteiger partial charge in [-0.3, -0.25) is 4.31 Å². The average Bonchev–Trinajstić information content (AvgIpc) is 2.71.